The predicted octanol–water partition coefficient (Wildman–Crippen LogP) is 4.27. The number of hydrogen-bond donors (Lipinski definition) is 2. The molecule has 0 radical (unpaired) electrons. The molecule has 3 heteroatoms. The summed E-state index contributed by atoms with van der Waals surface area (Å²) >= 11 is 0. The van der Waals surface area contributed by atoms with Crippen LogP contribution in [0.5, 0.6) is 11.5 Å². The minimum atomic E-state index is 0.0880. The number of benzene rings is 2. The third kappa shape index (κ3) is 11.0. The van der Waals surface area contributed by atoms with Crippen LogP contribution in [-0.4, -0.2) is 16.5 Å². The van der Waals surface area contributed by atoms with Gasteiger partial charge in [-0.3, -0.25) is 0 Å². The lowest BCUT2D eigenvalue weighted by molar-refractivity contribution is -0.110. The molecule has 0 aromatic heterocycles. The topological polar surface area (TPSA) is 57.5 Å². The van der Waals surface area contributed by atoms with E-state index < -0.39 is 0 Å². The summed E-state index contributed by atoms with van der Waals surface area (Å²) in [6.07, 6.45) is 2.75. The van der Waals surface area contributed by atoms with Gasteiger partial charge in [-0.1, -0.05) is 62.9 Å². The molecular formula is C18H22O3. The van der Waals surface area contributed by atoms with Gasteiger partial charge in [-0.05, 0) is 17.7 Å². The smallest absolute Gasteiger partial charge is 0.122 e. The highest BCUT2D eigenvalue weighted by Crippen LogP contribution is 2.14. The minimum absolute atomic E-state index is 0.0880. The molecule has 0 unspecified atom stereocenters. The number of carbonyl (C=O) groups excluding carboxylic acids is 1. The summed E-state index contributed by atoms with van der Waals surface area (Å²) in [5.74, 6) is 0.380. The van der Waals surface area contributed by atoms with E-state index in [1.807, 2.05) is 50.3 Å². The van der Waals surface area contributed by atoms with E-state index in [1.54, 1.807) is 6.07 Å². The summed E-state index contributed by atoms with van der Waals surface area (Å²) in [7, 11) is 0. The van der Waals surface area contributed by atoms with Crippen molar-refractivity contribution in [3.05, 3.63) is 66.7 Å². The van der Waals surface area contributed by atoms with E-state index in [2.05, 4.69) is 6.58 Å². The number of phenolic OH excluding ortho intramolecular Hbond substituents is 2. The Morgan fingerprint density at radius 1 is 0.952 bits per heavy atom. The van der Waals surface area contributed by atoms with Crippen molar-refractivity contribution in [2.75, 3.05) is 0 Å². The maximum absolute atomic E-state index is 9.50. The number of aromatic hydroxyl groups is 2. The van der Waals surface area contributed by atoms with Crippen LogP contribution in [0, 0.1) is 5.92 Å². The minimum Gasteiger partial charge on any atom is -0.508 e. The van der Waals surface area contributed by atoms with E-state index in [4.69, 9.17) is 10.2 Å². The Morgan fingerprint density at radius 3 is 1.67 bits per heavy atom. The van der Waals surface area contributed by atoms with Crippen LogP contribution >= 0.6 is 0 Å². The van der Waals surface area contributed by atoms with E-state index in [0.717, 1.165) is 6.29 Å². The molecule has 0 atom stereocenters. The Hall–Kier alpha value is -2.55. The first-order valence-electron chi connectivity index (χ1n) is 6.60. The molecule has 0 aliphatic carbocycles. The van der Waals surface area contributed by atoms with Crippen molar-refractivity contribution in [3.63, 3.8) is 0 Å². The lowest BCUT2D eigenvalue weighted by atomic mass is 10.2. The fraction of sp³-hybridized carbons (Fsp3) is 0.167. The third-order valence-electron chi connectivity index (χ3n) is 2.14. The van der Waals surface area contributed by atoms with Crippen LogP contribution < -0.4 is 0 Å². The summed E-state index contributed by atoms with van der Waals surface area (Å²) in [4.78, 5) is 9.50. The van der Waals surface area contributed by atoms with Crippen LogP contribution in [0.4, 0.5) is 0 Å². The monoisotopic (exact) mass is 286 g/mol. The Kier molecular flexibility index (Phi) is 9.92. The average molecular weight is 286 g/mol. The van der Waals surface area contributed by atoms with Gasteiger partial charge in [-0.15, -0.1) is 0 Å². The van der Waals surface area contributed by atoms with Gasteiger partial charge in [0.1, 0.15) is 17.8 Å². The van der Waals surface area contributed by atoms with E-state index in [9.17, 15) is 4.79 Å². The zero-order chi connectivity index (χ0) is 16.1. The summed E-state index contributed by atoms with van der Waals surface area (Å²) in [6, 6.07) is 15.9. The van der Waals surface area contributed by atoms with Crippen LogP contribution in [-0.2, 0) is 4.79 Å². The van der Waals surface area contributed by atoms with Crippen LogP contribution in [0.2, 0.25) is 0 Å². The number of phenols is 2. The van der Waals surface area contributed by atoms with Crippen molar-refractivity contribution in [3.8, 4) is 11.5 Å². The molecule has 0 saturated carbocycles. The van der Waals surface area contributed by atoms with Crippen molar-refractivity contribution in [1.29, 1.82) is 0 Å². The van der Waals surface area contributed by atoms with E-state index in [1.165, 1.54) is 23.8 Å². The SMILES string of the molecule is C=Cc1ccccc1.CC(C)C=O.Oc1cccc(O)c1. The van der Waals surface area contributed by atoms with Crippen molar-refractivity contribution in [2.45, 2.75) is 13.8 Å². The van der Waals surface area contributed by atoms with E-state index in [-0.39, 0.29) is 17.4 Å². The molecule has 0 bridgehead atoms. The Bertz CT molecular complexity index is 502. The first-order valence-corrected chi connectivity index (χ1v) is 6.60. The quantitative estimate of drug-likeness (QED) is 0.811. The Morgan fingerprint density at radius 2 is 1.43 bits per heavy atom. The fourth-order valence-electron chi connectivity index (χ4n) is 1.08. The standard InChI is InChI=1S/C8H8.C6H6O2.C4H8O/c1-2-8-6-4-3-5-7-8;7-5-2-1-3-6(8)4-5;1-4(2)3-5/h2-7H,1H2;1-4,7-8H;3-4H,1-2H3. The first-order chi connectivity index (χ1) is 9.99. The summed E-state index contributed by atoms with van der Waals surface area (Å²) in [5.41, 5.74) is 1.17. The average Bonchev–Trinajstić information content (AvgIpc) is 2.49. The van der Waals surface area contributed by atoms with Gasteiger partial charge in [0.05, 0.1) is 0 Å². The third-order valence-corrected chi connectivity index (χ3v) is 2.14. The lowest BCUT2D eigenvalue weighted by Crippen LogP contribution is -1.82. The van der Waals surface area contributed by atoms with Crippen molar-refractivity contribution in [1.82, 2.24) is 0 Å². The molecule has 0 aliphatic rings. The second kappa shape index (κ2) is 11.3. The molecule has 0 fully saturated rings. The maximum atomic E-state index is 9.50. The molecule has 2 aromatic carbocycles. The van der Waals surface area contributed by atoms with Gasteiger partial charge < -0.3 is 15.0 Å². The summed E-state index contributed by atoms with van der Waals surface area (Å²) < 4.78 is 0. The second-order valence-electron chi connectivity index (χ2n) is 4.51. The number of aldehydes is 1. The van der Waals surface area contributed by atoms with Gasteiger partial charge in [0, 0.05) is 12.0 Å². The predicted molar refractivity (Wildman–Crippen MR) is 87.2 cm³/mol. The van der Waals surface area contributed by atoms with Crippen LogP contribution in [0.3, 0.4) is 0 Å². The lowest BCUT2D eigenvalue weighted by Gasteiger charge is -1.89. The molecule has 112 valence electrons. The molecule has 2 aromatic rings. The maximum Gasteiger partial charge on any atom is 0.122 e. The van der Waals surface area contributed by atoms with Crippen molar-refractivity contribution in [2.24, 2.45) is 5.92 Å². The molecule has 0 heterocycles. The summed E-state index contributed by atoms with van der Waals surface area (Å²) in [5, 5.41) is 17.3. The largest absolute Gasteiger partial charge is 0.508 e. The van der Waals surface area contributed by atoms with Crippen LogP contribution in [0.1, 0.15) is 19.4 Å². The van der Waals surface area contributed by atoms with Gasteiger partial charge in [0.15, 0.2) is 0 Å². The molecular weight excluding hydrogens is 264 g/mol. The fourth-order valence-corrected chi connectivity index (χ4v) is 1.08. The summed E-state index contributed by atoms with van der Waals surface area (Å²) in [6.45, 7) is 7.34. The molecule has 0 aliphatic heterocycles. The molecule has 0 amide bonds. The molecule has 0 saturated heterocycles. The highest BCUT2D eigenvalue weighted by atomic mass is 16.3. The van der Waals surface area contributed by atoms with Crippen LogP contribution in [0.25, 0.3) is 6.08 Å². The number of hydrogen-bond acceptors (Lipinski definition) is 3. The van der Waals surface area contributed by atoms with E-state index >= 15 is 0 Å². The zero-order valence-electron chi connectivity index (χ0n) is 12.4. The van der Waals surface area contributed by atoms with Crippen molar-refractivity contribution < 1.29 is 15.0 Å². The highest BCUT2D eigenvalue weighted by Gasteiger charge is 1.85. The molecule has 21 heavy (non-hydrogen) atoms. The normalized spacial score (nSPS) is 8.71. The van der Waals surface area contributed by atoms with E-state index in [0.29, 0.717) is 0 Å². The van der Waals surface area contributed by atoms with Gasteiger partial charge in [-0.2, -0.15) is 0 Å². The zero-order valence-corrected chi connectivity index (χ0v) is 12.4. The Balaban J connectivity index is 0.000000296. The second-order valence-corrected chi connectivity index (χ2v) is 4.51. The van der Waals surface area contributed by atoms with Gasteiger partial charge in [0.2, 0.25) is 0 Å². The number of rotatable bonds is 2. The Labute approximate surface area is 126 Å². The van der Waals surface area contributed by atoms with Gasteiger partial charge >= 0.3 is 0 Å². The van der Waals surface area contributed by atoms with Gasteiger partial charge in [-0.25, -0.2) is 0 Å². The molecule has 0 spiro atoms. The van der Waals surface area contributed by atoms with Crippen LogP contribution in [0.15, 0.2) is 61.2 Å². The van der Waals surface area contributed by atoms with Crippen molar-refractivity contribution >= 4 is 12.4 Å². The first kappa shape index (κ1) is 18.4. The molecule has 3 nitrogen and oxygen atoms in total. The van der Waals surface area contributed by atoms with Gasteiger partial charge in [0.25, 0.3) is 0 Å². The molecule has 2 N–H and O–H groups in total. The number of carbonyl (C=O) groups is 1. The highest BCUT2D eigenvalue weighted by molar-refractivity contribution is 5.51. The molecule has 2 rings (SSSR count).